The van der Waals surface area contributed by atoms with E-state index in [4.69, 9.17) is 9.26 Å². The summed E-state index contributed by atoms with van der Waals surface area (Å²) in [5.41, 5.74) is 1.03. The van der Waals surface area contributed by atoms with Gasteiger partial charge in [-0.1, -0.05) is 53.7 Å². The van der Waals surface area contributed by atoms with Crippen molar-refractivity contribution < 1.29 is 14.1 Å². The molecule has 0 atom stereocenters. The maximum atomic E-state index is 12.3. The van der Waals surface area contributed by atoms with Gasteiger partial charge in [-0.2, -0.15) is 4.98 Å². The van der Waals surface area contributed by atoms with Gasteiger partial charge < -0.3 is 14.2 Å². The first-order valence-corrected chi connectivity index (χ1v) is 8.60. The minimum Gasteiger partial charge on any atom is -0.484 e. The summed E-state index contributed by atoms with van der Waals surface area (Å²) in [7, 11) is 0. The lowest BCUT2D eigenvalue weighted by molar-refractivity contribution is -0.135. The average molecular weight is 349 g/mol. The van der Waals surface area contributed by atoms with E-state index in [-0.39, 0.29) is 18.4 Å². The summed E-state index contributed by atoms with van der Waals surface area (Å²) in [6, 6.07) is 19.3. The highest BCUT2D eigenvalue weighted by Gasteiger charge is 2.34. The smallest absolute Gasteiger partial charge is 0.264 e. The number of nitrogens with zero attached hydrogens (tertiary/aromatic N) is 3. The third kappa shape index (κ3) is 3.74. The molecule has 3 aromatic rings. The largest absolute Gasteiger partial charge is 0.484 e. The highest BCUT2D eigenvalue weighted by atomic mass is 16.5. The number of likely N-dealkylation sites (tertiary alicyclic amines) is 1. The molecule has 2 heterocycles. The van der Waals surface area contributed by atoms with Gasteiger partial charge in [0.05, 0.1) is 12.3 Å². The van der Waals surface area contributed by atoms with Crippen LogP contribution < -0.4 is 4.74 Å². The highest BCUT2D eigenvalue weighted by Crippen LogP contribution is 2.25. The molecule has 1 fully saturated rings. The van der Waals surface area contributed by atoms with E-state index in [0.29, 0.717) is 31.2 Å². The molecule has 6 nitrogen and oxygen atoms in total. The summed E-state index contributed by atoms with van der Waals surface area (Å²) in [6.45, 7) is 1.49. The molecule has 1 aliphatic heterocycles. The zero-order valence-corrected chi connectivity index (χ0v) is 14.2. The molecule has 1 aliphatic rings. The van der Waals surface area contributed by atoms with Crippen LogP contribution in [0.15, 0.2) is 65.2 Å². The van der Waals surface area contributed by atoms with E-state index in [1.54, 1.807) is 0 Å². The number of hydrogen-bond acceptors (Lipinski definition) is 5. The van der Waals surface area contributed by atoms with Crippen LogP contribution in [0.2, 0.25) is 0 Å². The summed E-state index contributed by atoms with van der Waals surface area (Å²) in [5.74, 6) is 2.10. The molecule has 6 heteroatoms. The molecule has 132 valence electrons. The number of carbonyl (C=O) groups is 1. The van der Waals surface area contributed by atoms with E-state index in [2.05, 4.69) is 10.1 Å². The van der Waals surface area contributed by atoms with Crippen molar-refractivity contribution in [2.45, 2.75) is 18.9 Å². The summed E-state index contributed by atoms with van der Waals surface area (Å²) in [6.07, 6.45) is 0.427. The number of hydrogen-bond donors (Lipinski definition) is 0. The number of carbonyl (C=O) groups excluding carboxylic acids is 1. The molecule has 0 radical (unpaired) electrons. The fraction of sp³-hybridized carbons (Fsp3) is 0.250. The normalized spacial score (nSPS) is 14.1. The second kappa shape index (κ2) is 7.39. The lowest BCUT2D eigenvalue weighted by atomic mass is 9.98. The quantitative estimate of drug-likeness (QED) is 0.684. The van der Waals surface area contributed by atoms with Crippen molar-refractivity contribution in [3.8, 4) is 5.75 Å². The van der Waals surface area contributed by atoms with Crippen LogP contribution in [0.4, 0.5) is 0 Å². The van der Waals surface area contributed by atoms with Crippen molar-refractivity contribution in [2.75, 3.05) is 13.1 Å². The van der Waals surface area contributed by atoms with Crippen LogP contribution in [-0.4, -0.2) is 34.0 Å². The third-order valence-electron chi connectivity index (χ3n) is 4.39. The number of benzene rings is 2. The minimum atomic E-state index is 0.128. The first-order valence-electron chi connectivity index (χ1n) is 8.60. The molecule has 0 saturated carbocycles. The molecule has 0 spiro atoms. The van der Waals surface area contributed by atoms with E-state index in [1.165, 1.54) is 0 Å². The Balaban J connectivity index is 1.26. The number of ether oxygens (including phenoxy) is 1. The molecule has 0 unspecified atom stereocenters. The van der Waals surface area contributed by atoms with E-state index in [0.717, 1.165) is 11.3 Å². The van der Waals surface area contributed by atoms with E-state index >= 15 is 0 Å². The van der Waals surface area contributed by atoms with Gasteiger partial charge in [-0.25, -0.2) is 0 Å². The Bertz CT molecular complexity index is 858. The predicted octanol–water partition coefficient (Wildman–Crippen LogP) is 2.82. The van der Waals surface area contributed by atoms with Crippen LogP contribution >= 0.6 is 0 Å². The van der Waals surface area contributed by atoms with Crippen molar-refractivity contribution in [2.24, 2.45) is 0 Å². The lowest BCUT2D eigenvalue weighted by Gasteiger charge is -2.37. The lowest BCUT2D eigenvalue weighted by Crippen LogP contribution is -2.49. The molecule has 4 rings (SSSR count). The molecule has 2 aromatic carbocycles. The third-order valence-corrected chi connectivity index (χ3v) is 4.39. The summed E-state index contributed by atoms with van der Waals surface area (Å²) in [5, 5.41) is 4.02. The number of amides is 1. The van der Waals surface area contributed by atoms with Gasteiger partial charge in [0.2, 0.25) is 5.91 Å². The Morgan fingerprint density at radius 2 is 1.77 bits per heavy atom. The maximum absolute atomic E-state index is 12.3. The monoisotopic (exact) mass is 349 g/mol. The van der Waals surface area contributed by atoms with E-state index in [9.17, 15) is 4.79 Å². The van der Waals surface area contributed by atoms with Crippen LogP contribution in [0.1, 0.15) is 23.2 Å². The second-order valence-corrected chi connectivity index (χ2v) is 6.31. The summed E-state index contributed by atoms with van der Waals surface area (Å²) in [4.78, 5) is 18.5. The fourth-order valence-corrected chi connectivity index (χ4v) is 2.88. The van der Waals surface area contributed by atoms with Gasteiger partial charge >= 0.3 is 0 Å². The van der Waals surface area contributed by atoms with Gasteiger partial charge in [0.25, 0.3) is 5.89 Å². The van der Waals surface area contributed by atoms with Crippen LogP contribution in [-0.2, 0) is 17.8 Å². The number of para-hydroxylation sites is 1. The summed E-state index contributed by atoms with van der Waals surface area (Å²) < 4.78 is 10.8. The van der Waals surface area contributed by atoms with Gasteiger partial charge in [-0.15, -0.1) is 0 Å². The van der Waals surface area contributed by atoms with Crippen LogP contribution in [0.5, 0.6) is 5.75 Å². The van der Waals surface area contributed by atoms with Gasteiger partial charge in [0.1, 0.15) is 5.75 Å². The Morgan fingerprint density at radius 3 is 2.50 bits per heavy atom. The highest BCUT2D eigenvalue weighted by molar-refractivity contribution is 5.79. The van der Waals surface area contributed by atoms with Crippen LogP contribution in [0.25, 0.3) is 0 Å². The van der Waals surface area contributed by atoms with Crippen molar-refractivity contribution >= 4 is 5.91 Å². The molecule has 1 amide bonds. The number of rotatable bonds is 6. The fourth-order valence-electron chi connectivity index (χ4n) is 2.88. The van der Waals surface area contributed by atoms with Gasteiger partial charge in [0, 0.05) is 13.1 Å². The standard InChI is InChI=1S/C20H19N3O3/c24-19(11-15-7-3-1-4-8-15)23-12-16(13-23)20-21-18(26-22-20)14-25-17-9-5-2-6-10-17/h1-10,16H,11-14H2. The Labute approximate surface area is 151 Å². The topological polar surface area (TPSA) is 68.5 Å². The van der Waals surface area contributed by atoms with E-state index in [1.807, 2.05) is 65.6 Å². The first kappa shape index (κ1) is 16.3. The molecule has 26 heavy (non-hydrogen) atoms. The average Bonchev–Trinajstić information content (AvgIpc) is 3.09. The van der Waals surface area contributed by atoms with E-state index < -0.39 is 0 Å². The first-order chi connectivity index (χ1) is 12.8. The van der Waals surface area contributed by atoms with Crippen molar-refractivity contribution in [3.05, 3.63) is 77.9 Å². The molecule has 0 aliphatic carbocycles. The van der Waals surface area contributed by atoms with Crippen molar-refractivity contribution in [3.63, 3.8) is 0 Å². The van der Waals surface area contributed by atoms with Gasteiger partial charge in [-0.05, 0) is 17.7 Å². The van der Waals surface area contributed by atoms with Crippen LogP contribution in [0, 0.1) is 0 Å². The minimum absolute atomic E-state index is 0.128. The maximum Gasteiger partial charge on any atom is 0.264 e. The van der Waals surface area contributed by atoms with Gasteiger partial charge in [-0.3, -0.25) is 4.79 Å². The Hall–Kier alpha value is -3.15. The molecule has 1 aromatic heterocycles. The molecular weight excluding hydrogens is 330 g/mol. The predicted molar refractivity (Wildman–Crippen MR) is 94.5 cm³/mol. The zero-order valence-electron chi connectivity index (χ0n) is 14.2. The molecule has 0 N–H and O–H groups in total. The SMILES string of the molecule is O=C(Cc1ccccc1)N1CC(c2noc(COc3ccccc3)n2)C1. The second-order valence-electron chi connectivity index (χ2n) is 6.31. The molecule has 1 saturated heterocycles. The number of aromatic nitrogens is 2. The molecular formula is C20H19N3O3. The van der Waals surface area contributed by atoms with Crippen molar-refractivity contribution in [1.82, 2.24) is 15.0 Å². The molecule has 0 bridgehead atoms. The Kier molecular flexibility index (Phi) is 4.64. The van der Waals surface area contributed by atoms with Crippen molar-refractivity contribution in [1.29, 1.82) is 0 Å². The van der Waals surface area contributed by atoms with Crippen LogP contribution in [0.3, 0.4) is 0 Å². The van der Waals surface area contributed by atoms with Gasteiger partial charge in [0.15, 0.2) is 12.4 Å². The summed E-state index contributed by atoms with van der Waals surface area (Å²) >= 11 is 0. The zero-order chi connectivity index (χ0) is 17.8. The Morgan fingerprint density at radius 1 is 1.08 bits per heavy atom.